The molecule has 0 bridgehead atoms. The lowest BCUT2D eigenvalue weighted by molar-refractivity contribution is 0.0294. The third-order valence-corrected chi connectivity index (χ3v) is 3.21. The average molecular weight is 234 g/mol. The molecule has 1 heterocycles. The Kier molecular flexibility index (Phi) is 4.98. The Morgan fingerprint density at radius 1 is 1.41 bits per heavy atom. The Bertz CT molecular complexity index is 335. The van der Waals surface area contributed by atoms with Gasteiger partial charge < -0.3 is 15.4 Å². The predicted octanol–water partition coefficient (Wildman–Crippen LogP) is 1.12. The van der Waals surface area contributed by atoms with Gasteiger partial charge >= 0.3 is 0 Å². The first-order valence-electron chi connectivity index (χ1n) is 6.44. The third kappa shape index (κ3) is 4.11. The Balaban J connectivity index is 1.64. The van der Waals surface area contributed by atoms with E-state index in [-0.39, 0.29) is 0 Å². The molecule has 1 aromatic carbocycles. The summed E-state index contributed by atoms with van der Waals surface area (Å²) in [6, 6.07) is 8.57. The molecule has 0 aromatic heterocycles. The topological polar surface area (TPSA) is 33.3 Å². The summed E-state index contributed by atoms with van der Waals surface area (Å²) in [6.45, 7) is 6.92. The van der Waals surface area contributed by atoms with Gasteiger partial charge in [0.25, 0.3) is 0 Å². The highest BCUT2D eigenvalue weighted by molar-refractivity contribution is 5.25. The van der Waals surface area contributed by atoms with Crippen molar-refractivity contribution in [1.82, 2.24) is 10.6 Å². The van der Waals surface area contributed by atoms with Gasteiger partial charge in [-0.15, -0.1) is 0 Å². The summed E-state index contributed by atoms with van der Waals surface area (Å²) in [5.41, 5.74) is 2.81. The summed E-state index contributed by atoms with van der Waals surface area (Å²) in [5.74, 6) is 0. The fourth-order valence-electron chi connectivity index (χ4n) is 2.13. The zero-order valence-corrected chi connectivity index (χ0v) is 10.5. The van der Waals surface area contributed by atoms with Crippen molar-refractivity contribution in [3.05, 3.63) is 35.4 Å². The molecule has 3 nitrogen and oxygen atoms in total. The second kappa shape index (κ2) is 6.74. The molecule has 3 heteroatoms. The highest BCUT2D eigenvalue weighted by atomic mass is 16.5. The first kappa shape index (κ1) is 12.6. The molecule has 1 aromatic rings. The predicted molar refractivity (Wildman–Crippen MR) is 70.4 cm³/mol. The molecule has 0 amide bonds. The molecule has 0 saturated carbocycles. The lowest BCUT2D eigenvalue weighted by Crippen LogP contribution is -2.44. The van der Waals surface area contributed by atoms with E-state index in [0.29, 0.717) is 6.10 Å². The van der Waals surface area contributed by atoms with Gasteiger partial charge in [-0.25, -0.2) is 0 Å². The summed E-state index contributed by atoms with van der Waals surface area (Å²) in [5, 5.41) is 6.80. The fraction of sp³-hybridized carbons (Fsp3) is 0.571. The summed E-state index contributed by atoms with van der Waals surface area (Å²) in [4.78, 5) is 0. The molecular weight excluding hydrogens is 212 g/mol. The second-order valence-electron chi connectivity index (χ2n) is 4.58. The highest BCUT2D eigenvalue weighted by Crippen LogP contribution is 2.06. The van der Waals surface area contributed by atoms with Crippen LogP contribution in [0.2, 0.25) is 0 Å². The standard InChI is InChI=1S/C14H22N2O/c1-12-4-2-3-5-13(12)6-7-15-10-14-11-16-8-9-17-14/h2-5,14-16H,6-11H2,1H3. The van der Waals surface area contributed by atoms with Gasteiger partial charge in [0.15, 0.2) is 0 Å². The zero-order valence-electron chi connectivity index (χ0n) is 10.5. The van der Waals surface area contributed by atoms with E-state index >= 15 is 0 Å². The Labute approximate surface area is 104 Å². The molecule has 17 heavy (non-hydrogen) atoms. The van der Waals surface area contributed by atoms with Gasteiger partial charge in [-0.3, -0.25) is 0 Å². The van der Waals surface area contributed by atoms with Gasteiger partial charge in [-0.05, 0) is 31.0 Å². The molecule has 0 radical (unpaired) electrons. The average Bonchev–Trinajstić information content (AvgIpc) is 2.38. The lowest BCUT2D eigenvalue weighted by Gasteiger charge is -2.23. The molecule has 2 N–H and O–H groups in total. The molecule has 0 aliphatic carbocycles. The van der Waals surface area contributed by atoms with Crippen molar-refractivity contribution in [2.45, 2.75) is 19.4 Å². The minimum absolute atomic E-state index is 0.334. The number of hydrogen-bond acceptors (Lipinski definition) is 3. The normalized spacial score (nSPS) is 20.4. The van der Waals surface area contributed by atoms with Crippen LogP contribution in [0.4, 0.5) is 0 Å². The number of rotatable bonds is 5. The van der Waals surface area contributed by atoms with Crippen LogP contribution in [0.15, 0.2) is 24.3 Å². The Hall–Kier alpha value is -0.900. The lowest BCUT2D eigenvalue weighted by atomic mass is 10.1. The number of aryl methyl sites for hydroxylation is 1. The van der Waals surface area contributed by atoms with Crippen LogP contribution in [0.5, 0.6) is 0 Å². The molecule has 1 aliphatic heterocycles. The smallest absolute Gasteiger partial charge is 0.0824 e. The van der Waals surface area contributed by atoms with Crippen LogP contribution in [-0.4, -0.2) is 38.9 Å². The van der Waals surface area contributed by atoms with Gasteiger partial charge in [0, 0.05) is 19.6 Å². The van der Waals surface area contributed by atoms with Crippen molar-refractivity contribution in [2.24, 2.45) is 0 Å². The summed E-state index contributed by atoms with van der Waals surface area (Å²) in [6.07, 6.45) is 1.42. The number of nitrogens with one attached hydrogen (secondary N) is 2. The number of hydrogen-bond donors (Lipinski definition) is 2. The molecule has 1 aliphatic rings. The third-order valence-electron chi connectivity index (χ3n) is 3.21. The minimum atomic E-state index is 0.334. The van der Waals surface area contributed by atoms with Crippen LogP contribution < -0.4 is 10.6 Å². The van der Waals surface area contributed by atoms with E-state index in [4.69, 9.17) is 4.74 Å². The Morgan fingerprint density at radius 2 is 2.29 bits per heavy atom. The molecule has 1 atom stereocenters. The van der Waals surface area contributed by atoms with Crippen LogP contribution in [0, 0.1) is 6.92 Å². The van der Waals surface area contributed by atoms with E-state index in [0.717, 1.165) is 39.2 Å². The molecule has 2 rings (SSSR count). The first-order chi connectivity index (χ1) is 8.36. The Morgan fingerprint density at radius 3 is 3.06 bits per heavy atom. The van der Waals surface area contributed by atoms with Crippen LogP contribution in [-0.2, 0) is 11.2 Å². The van der Waals surface area contributed by atoms with Gasteiger partial charge in [0.1, 0.15) is 0 Å². The number of morpholine rings is 1. The minimum Gasteiger partial charge on any atom is -0.374 e. The quantitative estimate of drug-likeness (QED) is 0.749. The highest BCUT2D eigenvalue weighted by Gasteiger charge is 2.11. The van der Waals surface area contributed by atoms with Crippen LogP contribution >= 0.6 is 0 Å². The van der Waals surface area contributed by atoms with Crippen molar-refractivity contribution >= 4 is 0 Å². The summed E-state index contributed by atoms with van der Waals surface area (Å²) < 4.78 is 5.63. The molecule has 1 saturated heterocycles. The van der Waals surface area contributed by atoms with Crippen molar-refractivity contribution in [2.75, 3.05) is 32.8 Å². The van der Waals surface area contributed by atoms with Crippen molar-refractivity contribution < 1.29 is 4.74 Å². The van der Waals surface area contributed by atoms with Gasteiger partial charge in [0.2, 0.25) is 0 Å². The van der Waals surface area contributed by atoms with Crippen molar-refractivity contribution in [3.63, 3.8) is 0 Å². The molecule has 1 unspecified atom stereocenters. The largest absolute Gasteiger partial charge is 0.374 e. The monoisotopic (exact) mass is 234 g/mol. The summed E-state index contributed by atoms with van der Waals surface area (Å²) >= 11 is 0. The fourth-order valence-corrected chi connectivity index (χ4v) is 2.13. The van der Waals surface area contributed by atoms with E-state index < -0.39 is 0 Å². The molecule has 0 spiro atoms. The van der Waals surface area contributed by atoms with Crippen LogP contribution in [0.3, 0.4) is 0 Å². The summed E-state index contributed by atoms with van der Waals surface area (Å²) in [7, 11) is 0. The maximum Gasteiger partial charge on any atom is 0.0824 e. The SMILES string of the molecule is Cc1ccccc1CCNCC1CNCCO1. The van der Waals surface area contributed by atoms with Crippen molar-refractivity contribution in [3.8, 4) is 0 Å². The van der Waals surface area contributed by atoms with E-state index in [9.17, 15) is 0 Å². The van der Waals surface area contributed by atoms with E-state index in [1.165, 1.54) is 11.1 Å². The van der Waals surface area contributed by atoms with Crippen molar-refractivity contribution in [1.29, 1.82) is 0 Å². The van der Waals surface area contributed by atoms with E-state index in [1.54, 1.807) is 0 Å². The second-order valence-corrected chi connectivity index (χ2v) is 4.58. The van der Waals surface area contributed by atoms with E-state index in [2.05, 4.69) is 41.8 Å². The molecular formula is C14H22N2O. The van der Waals surface area contributed by atoms with E-state index in [1.807, 2.05) is 0 Å². The number of benzene rings is 1. The molecule has 94 valence electrons. The molecule has 1 fully saturated rings. The first-order valence-corrected chi connectivity index (χ1v) is 6.44. The van der Waals surface area contributed by atoms with Gasteiger partial charge in [-0.1, -0.05) is 24.3 Å². The number of ether oxygens (including phenoxy) is 1. The van der Waals surface area contributed by atoms with Gasteiger partial charge in [0.05, 0.1) is 12.7 Å². The maximum atomic E-state index is 5.63. The van der Waals surface area contributed by atoms with Crippen LogP contribution in [0.1, 0.15) is 11.1 Å². The maximum absolute atomic E-state index is 5.63. The van der Waals surface area contributed by atoms with Crippen LogP contribution in [0.25, 0.3) is 0 Å². The zero-order chi connectivity index (χ0) is 11.9. The van der Waals surface area contributed by atoms with Gasteiger partial charge in [-0.2, -0.15) is 0 Å².